The van der Waals surface area contributed by atoms with E-state index in [1.165, 1.54) is 0 Å². The number of anilines is 1. The van der Waals surface area contributed by atoms with E-state index in [4.69, 9.17) is 21.1 Å². The fraction of sp³-hybridized carbons (Fsp3) is 0.235. The maximum Gasteiger partial charge on any atom is 0.321 e. The number of halogens is 1. The number of likely N-dealkylation sites (N-methyl/N-ethyl adjacent to an activating group) is 1. The number of nitrogens with zero attached hydrogens (tertiary/aromatic N) is 1. The lowest BCUT2D eigenvalue weighted by atomic mass is 10.2. The SMILES string of the molecule is CN(CC1COc2ccccc2O1)C(=O)Nc1cccc(Cl)c1. The molecule has 2 amide bonds. The van der Waals surface area contributed by atoms with Crippen molar-refractivity contribution in [3.8, 4) is 11.5 Å². The highest BCUT2D eigenvalue weighted by Gasteiger charge is 2.23. The summed E-state index contributed by atoms with van der Waals surface area (Å²) < 4.78 is 11.5. The average Bonchev–Trinajstić information content (AvgIpc) is 2.54. The first-order valence-electron chi connectivity index (χ1n) is 7.28. The van der Waals surface area contributed by atoms with Crippen molar-refractivity contribution in [1.82, 2.24) is 4.90 Å². The Balaban J connectivity index is 1.57. The summed E-state index contributed by atoms with van der Waals surface area (Å²) in [5, 5.41) is 3.37. The van der Waals surface area contributed by atoms with E-state index in [0.717, 1.165) is 5.75 Å². The van der Waals surface area contributed by atoms with Crippen molar-refractivity contribution in [3.05, 3.63) is 53.6 Å². The molecule has 3 rings (SSSR count). The zero-order chi connectivity index (χ0) is 16.2. The minimum Gasteiger partial charge on any atom is -0.486 e. The lowest BCUT2D eigenvalue weighted by Gasteiger charge is -2.29. The molecule has 0 aliphatic carbocycles. The van der Waals surface area contributed by atoms with Gasteiger partial charge in [0.1, 0.15) is 6.61 Å². The number of carbonyl (C=O) groups excluding carboxylic acids is 1. The third-order valence-electron chi connectivity index (χ3n) is 3.47. The molecule has 1 unspecified atom stereocenters. The fourth-order valence-corrected chi connectivity index (χ4v) is 2.52. The van der Waals surface area contributed by atoms with Crippen LogP contribution in [0.3, 0.4) is 0 Å². The van der Waals surface area contributed by atoms with E-state index in [1.54, 1.807) is 36.2 Å². The van der Waals surface area contributed by atoms with Crippen LogP contribution in [-0.2, 0) is 0 Å². The van der Waals surface area contributed by atoms with Gasteiger partial charge in [0.2, 0.25) is 0 Å². The molecule has 1 aliphatic rings. The second-order valence-corrected chi connectivity index (χ2v) is 5.76. The van der Waals surface area contributed by atoms with Crippen LogP contribution in [0.5, 0.6) is 11.5 Å². The molecule has 2 aromatic carbocycles. The van der Waals surface area contributed by atoms with E-state index in [9.17, 15) is 4.79 Å². The van der Waals surface area contributed by atoms with Gasteiger partial charge in [-0.25, -0.2) is 4.79 Å². The van der Waals surface area contributed by atoms with Crippen LogP contribution in [0.1, 0.15) is 0 Å². The number of nitrogens with one attached hydrogen (secondary N) is 1. The molecular weight excluding hydrogens is 316 g/mol. The van der Waals surface area contributed by atoms with Crippen molar-refractivity contribution in [3.63, 3.8) is 0 Å². The van der Waals surface area contributed by atoms with Gasteiger partial charge in [-0.15, -0.1) is 0 Å². The fourth-order valence-electron chi connectivity index (χ4n) is 2.33. The van der Waals surface area contributed by atoms with Crippen molar-refractivity contribution in [1.29, 1.82) is 0 Å². The van der Waals surface area contributed by atoms with Crippen LogP contribution in [0, 0.1) is 0 Å². The number of fused-ring (bicyclic) bond motifs is 1. The number of para-hydroxylation sites is 2. The topological polar surface area (TPSA) is 50.8 Å². The van der Waals surface area contributed by atoms with E-state index in [0.29, 0.717) is 29.6 Å². The summed E-state index contributed by atoms with van der Waals surface area (Å²) in [5.41, 5.74) is 0.653. The molecule has 0 aromatic heterocycles. The summed E-state index contributed by atoms with van der Waals surface area (Å²) >= 11 is 5.91. The van der Waals surface area contributed by atoms with Gasteiger partial charge in [-0.2, -0.15) is 0 Å². The Labute approximate surface area is 139 Å². The summed E-state index contributed by atoms with van der Waals surface area (Å²) in [7, 11) is 1.71. The number of hydrogen-bond donors (Lipinski definition) is 1. The van der Waals surface area contributed by atoms with Crippen molar-refractivity contribution >= 4 is 23.3 Å². The first-order chi connectivity index (χ1) is 11.1. The molecule has 1 atom stereocenters. The Bertz CT molecular complexity index is 708. The van der Waals surface area contributed by atoms with E-state index in [2.05, 4.69) is 5.32 Å². The summed E-state index contributed by atoms with van der Waals surface area (Å²) in [6.45, 7) is 0.826. The molecule has 0 fully saturated rings. The Hall–Kier alpha value is -2.40. The first kappa shape index (κ1) is 15.5. The monoisotopic (exact) mass is 332 g/mol. The van der Waals surface area contributed by atoms with Crippen LogP contribution in [-0.4, -0.2) is 37.2 Å². The minimum absolute atomic E-state index is 0.208. The molecule has 0 radical (unpaired) electrons. The van der Waals surface area contributed by atoms with Crippen molar-refractivity contribution in [2.24, 2.45) is 0 Å². The average molecular weight is 333 g/mol. The first-order valence-corrected chi connectivity index (χ1v) is 7.66. The maximum absolute atomic E-state index is 12.2. The van der Waals surface area contributed by atoms with Gasteiger partial charge in [0, 0.05) is 17.8 Å². The summed E-state index contributed by atoms with van der Waals surface area (Å²) in [5.74, 6) is 1.43. The Morgan fingerprint density at radius 2 is 2.04 bits per heavy atom. The lowest BCUT2D eigenvalue weighted by molar-refractivity contribution is 0.0731. The van der Waals surface area contributed by atoms with E-state index in [-0.39, 0.29) is 12.1 Å². The number of rotatable bonds is 3. The van der Waals surface area contributed by atoms with E-state index < -0.39 is 0 Å². The largest absolute Gasteiger partial charge is 0.486 e. The molecule has 0 saturated heterocycles. The van der Waals surface area contributed by atoms with Gasteiger partial charge in [0.05, 0.1) is 6.54 Å². The molecular formula is C17H17ClN2O3. The summed E-state index contributed by atoms with van der Waals surface area (Å²) in [6, 6.07) is 14.3. The van der Waals surface area contributed by atoms with Crippen LogP contribution in [0.25, 0.3) is 0 Å². The van der Waals surface area contributed by atoms with Gasteiger partial charge in [0.25, 0.3) is 0 Å². The number of hydrogen-bond acceptors (Lipinski definition) is 3. The number of ether oxygens (including phenoxy) is 2. The van der Waals surface area contributed by atoms with Crippen LogP contribution >= 0.6 is 11.6 Å². The standard InChI is InChI=1S/C17H17ClN2O3/c1-20(17(21)19-13-6-4-5-12(18)9-13)10-14-11-22-15-7-2-3-8-16(15)23-14/h2-9,14H,10-11H2,1H3,(H,19,21). The van der Waals surface area contributed by atoms with Crippen molar-refractivity contribution in [2.75, 3.05) is 25.5 Å². The summed E-state index contributed by atoms with van der Waals surface area (Å²) in [4.78, 5) is 13.8. The van der Waals surface area contributed by atoms with Crippen molar-refractivity contribution in [2.45, 2.75) is 6.10 Å². The zero-order valence-electron chi connectivity index (χ0n) is 12.7. The van der Waals surface area contributed by atoms with E-state index in [1.807, 2.05) is 24.3 Å². The molecule has 2 aromatic rings. The van der Waals surface area contributed by atoms with Gasteiger partial charge in [0.15, 0.2) is 17.6 Å². The molecule has 1 N–H and O–H groups in total. The lowest BCUT2D eigenvalue weighted by Crippen LogP contribution is -2.43. The number of carbonyl (C=O) groups is 1. The van der Waals surface area contributed by atoms with Crippen LogP contribution in [0.2, 0.25) is 5.02 Å². The van der Waals surface area contributed by atoms with Crippen LogP contribution in [0.4, 0.5) is 10.5 Å². The molecule has 1 aliphatic heterocycles. The minimum atomic E-state index is -0.227. The molecule has 5 nitrogen and oxygen atoms in total. The quantitative estimate of drug-likeness (QED) is 0.933. The molecule has 0 bridgehead atoms. The highest BCUT2D eigenvalue weighted by atomic mass is 35.5. The number of amides is 2. The van der Waals surface area contributed by atoms with Gasteiger partial charge in [-0.1, -0.05) is 29.8 Å². The van der Waals surface area contributed by atoms with Gasteiger partial charge < -0.3 is 19.7 Å². The molecule has 23 heavy (non-hydrogen) atoms. The predicted molar refractivity (Wildman–Crippen MR) is 89.5 cm³/mol. The van der Waals surface area contributed by atoms with Gasteiger partial charge >= 0.3 is 6.03 Å². The Morgan fingerprint density at radius 1 is 1.26 bits per heavy atom. The van der Waals surface area contributed by atoms with Crippen LogP contribution < -0.4 is 14.8 Å². The highest BCUT2D eigenvalue weighted by Crippen LogP contribution is 2.31. The molecule has 1 heterocycles. The third kappa shape index (κ3) is 3.87. The Morgan fingerprint density at radius 3 is 2.83 bits per heavy atom. The molecule has 0 spiro atoms. The maximum atomic E-state index is 12.2. The molecule has 6 heteroatoms. The molecule has 0 saturated carbocycles. The normalized spacial score (nSPS) is 15.8. The van der Waals surface area contributed by atoms with E-state index >= 15 is 0 Å². The second kappa shape index (κ2) is 6.79. The smallest absolute Gasteiger partial charge is 0.321 e. The number of benzene rings is 2. The highest BCUT2D eigenvalue weighted by molar-refractivity contribution is 6.30. The molecule has 120 valence electrons. The number of urea groups is 1. The van der Waals surface area contributed by atoms with Crippen LogP contribution in [0.15, 0.2) is 48.5 Å². The van der Waals surface area contributed by atoms with Gasteiger partial charge in [-0.3, -0.25) is 0 Å². The van der Waals surface area contributed by atoms with Crippen molar-refractivity contribution < 1.29 is 14.3 Å². The predicted octanol–water partition coefficient (Wildman–Crippen LogP) is 3.64. The zero-order valence-corrected chi connectivity index (χ0v) is 13.4. The summed E-state index contributed by atoms with van der Waals surface area (Å²) in [6.07, 6.45) is -0.208. The Kier molecular flexibility index (Phi) is 4.57. The van der Waals surface area contributed by atoms with Gasteiger partial charge in [-0.05, 0) is 30.3 Å². The second-order valence-electron chi connectivity index (χ2n) is 5.32. The third-order valence-corrected chi connectivity index (χ3v) is 3.70.